The topological polar surface area (TPSA) is 40.5 Å². The van der Waals surface area contributed by atoms with Gasteiger partial charge in [-0.1, -0.05) is 42.0 Å². The summed E-state index contributed by atoms with van der Waals surface area (Å²) in [5.41, 5.74) is 3.71. The molecule has 1 N–H and O–H groups in total. The number of aromatic hydroxyl groups is 1. The van der Waals surface area contributed by atoms with Crippen LogP contribution in [0.1, 0.15) is 42.1 Å². The molecule has 2 aliphatic rings. The molecule has 1 heterocycles. The number of Topliss-reactive ketones (excluding diaryl/α,β-unsaturated/α-hetero) is 1. The number of benzene rings is 2. The minimum Gasteiger partial charge on any atom is -0.508 e. The van der Waals surface area contributed by atoms with Gasteiger partial charge in [-0.05, 0) is 74.3 Å². The van der Waals surface area contributed by atoms with E-state index in [9.17, 15) is 9.90 Å². The predicted molar refractivity (Wildman–Crippen MR) is 113 cm³/mol. The number of fused-ring (bicyclic) bond motifs is 1. The Labute approximate surface area is 167 Å². The van der Waals surface area contributed by atoms with Gasteiger partial charge in [0.2, 0.25) is 0 Å². The number of rotatable bonds is 6. The van der Waals surface area contributed by atoms with E-state index in [4.69, 9.17) is 0 Å². The molecule has 0 spiro atoms. The van der Waals surface area contributed by atoms with Crippen molar-refractivity contribution in [3.05, 3.63) is 77.4 Å². The van der Waals surface area contributed by atoms with Gasteiger partial charge in [0.05, 0.1) is 6.04 Å². The molecule has 2 fully saturated rings. The highest BCUT2D eigenvalue weighted by molar-refractivity contribution is 5.99. The average molecular weight is 376 g/mol. The van der Waals surface area contributed by atoms with Crippen LogP contribution in [0, 0.1) is 11.8 Å². The predicted octanol–water partition coefficient (Wildman–Crippen LogP) is 4.86. The molecule has 1 saturated carbocycles. The van der Waals surface area contributed by atoms with Crippen molar-refractivity contribution >= 4 is 5.78 Å². The van der Waals surface area contributed by atoms with E-state index in [1.165, 1.54) is 18.4 Å². The molecule has 0 radical (unpaired) electrons. The number of phenolic OH excluding ortho intramolecular Hbond substituents is 1. The third-order valence-corrected chi connectivity index (χ3v) is 6.44. The molecule has 0 bridgehead atoms. The number of nitrogens with zero attached hydrogens (tertiary/aromatic N) is 1. The van der Waals surface area contributed by atoms with E-state index in [0.717, 1.165) is 25.9 Å². The fourth-order valence-corrected chi connectivity index (χ4v) is 4.80. The Hall–Kier alpha value is -2.39. The van der Waals surface area contributed by atoms with Crippen LogP contribution in [-0.2, 0) is 6.42 Å². The molecule has 1 aliphatic heterocycles. The molecule has 4 rings (SSSR count). The number of carbonyl (C=O) groups excluding carboxylic acids is 1. The first kappa shape index (κ1) is 18.9. The molecular weight excluding hydrogens is 346 g/mol. The van der Waals surface area contributed by atoms with E-state index in [1.54, 1.807) is 29.8 Å². The maximum atomic E-state index is 12.8. The Balaban J connectivity index is 1.29. The summed E-state index contributed by atoms with van der Waals surface area (Å²) < 4.78 is 0. The number of likely N-dealkylation sites (tertiary alicyclic amines) is 1. The number of hydrogen-bond donors (Lipinski definition) is 1. The minimum absolute atomic E-state index is 0.0966. The van der Waals surface area contributed by atoms with Crippen molar-refractivity contribution in [1.82, 2.24) is 4.90 Å². The van der Waals surface area contributed by atoms with Crippen LogP contribution in [0.4, 0.5) is 0 Å². The van der Waals surface area contributed by atoms with E-state index in [-0.39, 0.29) is 17.6 Å². The average Bonchev–Trinajstić information content (AvgIpc) is 3.27. The van der Waals surface area contributed by atoms with Gasteiger partial charge in [-0.2, -0.15) is 0 Å². The van der Waals surface area contributed by atoms with Crippen LogP contribution < -0.4 is 0 Å². The molecule has 0 aromatic heterocycles. The van der Waals surface area contributed by atoms with Crippen LogP contribution in [0.5, 0.6) is 5.75 Å². The van der Waals surface area contributed by atoms with Crippen molar-refractivity contribution in [2.75, 3.05) is 13.1 Å². The number of aryl methyl sites for hydroxylation is 1. The van der Waals surface area contributed by atoms with Gasteiger partial charge in [0.1, 0.15) is 5.75 Å². The van der Waals surface area contributed by atoms with Gasteiger partial charge in [-0.3, -0.25) is 9.69 Å². The van der Waals surface area contributed by atoms with Crippen molar-refractivity contribution in [2.24, 2.45) is 11.8 Å². The molecule has 3 nitrogen and oxygen atoms in total. The van der Waals surface area contributed by atoms with Crippen LogP contribution in [0.3, 0.4) is 0 Å². The van der Waals surface area contributed by atoms with Crippen molar-refractivity contribution < 1.29 is 9.90 Å². The third-order valence-electron chi connectivity index (χ3n) is 6.44. The van der Waals surface area contributed by atoms with E-state index < -0.39 is 0 Å². The zero-order chi connectivity index (χ0) is 19.5. The van der Waals surface area contributed by atoms with E-state index in [2.05, 4.69) is 41.3 Å². The lowest BCUT2D eigenvalue weighted by Gasteiger charge is -2.24. The maximum absolute atomic E-state index is 12.8. The molecule has 1 aliphatic carbocycles. The summed E-state index contributed by atoms with van der Waals surface area (Å²) in [5, 5.41) is 9.42. The Morgan fingerprint density at radius 1 is 1.07 bits per heavy atom. The molecule has 28 heavy (non-hydrogen) atoms. The zero-order valence-electron chi connectivity index (χ0n) is 16.6. The van der Waals surface area contributed by atoms with Gasteiger partial charge in [0.25, 0.3) is 0 Å². The number of carbonyl (C=O) groups is 1. The minimum atomic E-state index is -0.0966. The smallest absolute Gasteiger partial charge is 0.179 e. The first-order valence-corrected chi connectivity index (χ1v) is 10.4. The number of phenols is 1. The number of hydrogen-bond acceptors (Lipinski definition) is 3. The van der Waals surface area contributed by atoms with Crippen LogP contribution in [0.15, 0.2) is 66.2 Å². The highest BCUT2D eigenvalue weighted by Crippen LogP contribution is 2.42. The molecule has 2 aromatic rings. The van der Waals surface area contributed by atoms with Gasteiger partial charge >= 0.3 is 0 Å². The highest BCUT2D eigenvalue weighted by atomic mass is 16.3. The highest BCUT2D eigenvalue weighted by Gasteiger charge is 2.40. The first-order valence-electron chi connectivity index (χ1n) is 10.4. The summed E-state index contributed by atoms with van der Waals surface area (Å²) in [6.45, 7) is 4.06. The SMILES string of the molecule is CC(C(=O)c1ccc(O)cc1)N1C[C@H]2CC(=CCCc3ccccc3)C[C@H]2C1. The van der Waals surface area contributed by atoms with Crippen molar-refractivity contribution in [3.8, 4) is 5.75 Å². The molecule has 1 unspecified atom stereocenters. The lowest BCUT2D eigenvalue weighted by atomic mass is 10.0. The van der Waals surface area contributed by atoms with E-state index in [0.29, 0.717) is 17.4 Å². The molecule has 1 saturated heterocycles. The summed E-state index contributed by atoms with van der Waals surface area (Å²) in [4.78, 5) is 15.1. The van der Waals surface area contributed by atoms with Gasteiger partial charge in [-0.15, -0.1) is 0 Å². The first-order chi connectivity index (χ1) is 13.6. The van der Waals surface area contributed by atoms with Crippen LogP contribution in [-0.4, -0.2) is 34.9 Å². The van der Waals surface area contributed by atoms with E-state index >= 15 is 0 Å². The summed E-state index contributed by atoms with van der Waals surface area (Å²) in [6, 6.07) is 17.2. The Kier molecular flexibility index (Phi) is 5.63. The van der Waals surface area contributed by atoms with Crippen molar-refractivity contribution in [2.45, 2.75) is 38.6 Å². The van der Waals surface area contributed by atoms with Crippen LogP contribution in [0.2, 0.25) is 0 Å². The normalized spacial score (nSPS) is 24.4. The molecule has 3 heteroatoms. The fourth-order valence-electron chi connectivity index (χ4n) is 4.80. The second-order valence-corrected chi connectivity index (χ2v) is 8.36. The number of ketones is 1. The summed E-state index contributed by atoms with van der Waals surface area (Å²) in [5.74, 6) is 1.74. The van der Waals surface area contributed by atoms with Crippen LogP contribution >= 0.6 is 0 Å². The molecular formula is C25H29NO2. The Bertz CT molecular complexity index is 825. The fraction of sp³-hybridized carbons (Fsp3) is 0.400. The van der Waals surface area contributed by atoms with Crippen LogP contribution in [0.25, 0.3) is 0 Å². The van der Waals surface area contributed by atoms with Gasteiger partial charge in [0.15, 0.2) is 5.78 Å². The zero-order valence-corrected chi connectivity index (χ0v) is 16.6. The standard InChI is InChI=1S/C25H29NO2/c1-18(25(28)21-10-12-24(27)13-11-21)26-16-22-14-20(15-23(22)17-26)9-5-8-19-6-3-2-4-7-19/h2-4,6-7,9-13,18,22-23,27H,5,8,14-17H2,1H3/t18?,22-,23+. The molecule has 0 amide bonds. The Morgan fingerprint density at radius 3 is 2.36 bits per heavy atom. The lowest BCUT2D eigenvalue weighted by Crippen LogP contribution is -2.38. The second-order valence-electron chi connectivity index (χ2n) is 8.36. The van der Waals surface area contributed by atoms with Crippen molar-refractivity contribution in [3.63, 3.8) is 0 Å². The Morgan fingerprint density at radius 2 is 1.71 bits per heavy atom. The molecule has 146 valence electrons. The quantitative estimate of drug-likeness (QED) is 0.579. The summed E-state index contributed by atoms with van der Waals surface area (Å²) in [7, 11) is 0. The lowest BCUT2D eigenvalue weighted by molar-refractivity contribution is 0.0859. The van der Waals surface area contributed by atoms with Crippen molar-refractivity contribution in [1.29, 1.82) is 0 Å². The summed E-state index contributed by atoms with van der Waals surface area (Å²) >= 11 is 0. The number of allylic oxidation sites excluding steroid dienone is 2. The maximum Gasteiger partial charge on any atom is 0.179 e. The summed E-state index contributed by atoms with van der Waals surface area (Å²) in [6.07, 6.45) is 7.08. The monoisotopic (exact) mass is 375 g/mol. The van der Waals surface area contributed by atoms with Gasteiger partial charge < -0.3 is 5.11 Å². The van der Waals surface area contributed by atoms with Gasteiger partial charge in [-0.25, -0.2) is 0 Å². The molecule has 2 aromatic carbocycles. The third kappa shape index (κ3) is 4.20. The van der Waals surface area contributed by atoms with E-state index in [1.807, 2.05) is 6.92 Å². The molecule has 3 atom stereocenters. The van der Waals surface area contributed by atoms with Gasteiger partial charge in [0, 0.05) is 18.7 Å². The second kappa shape index (κ2) is 8.32. The largest absolute Gasteiger partial charge is 0.508 e.